The van der Waals surface area contributed by atoms with Gasteiger partial charge in [-0.3, -0.25) is 4.79 Å². The van der Waals surface area contributed by atoms with E-state index >= 15 is 0 Å². The zero-order valence-electron chi connectivity index (χ0n) is 11.6. The SMILES string of the molecule is CN(CC1CC(O)C1)C(=O)CCOc1ccc(F)cc1. The highest BCUT2D eigenvalue weighted by Gasteiger charge is 2.28. The first-order valence-electron chi connectivity index (χ1n) is 6.85. The van der Waals surface area contributed by atoms with Crippen molar-refractivity contribution < 1.29 is 19.0 Å². The summed E-state index contributed by atoms with van der Waals surface area (Å²) >= 11 is 0. The summed E-state index contributed by atoms with van der Waals surface area (Å²) < 4.78 is 18.1. The van der Waals surface area contributed by atoms with Crippen LogP contribution in [0.1, 0.15) is 19.3 Å². The summed E-state index contributed by atoms with van der Waals surface area (Å²) in [6, 6.07) is 5.73. The summed E-state index contributed by atoms with van der Waals surface area (Å²) in [5.74, 6) is 0.685. The molecule has 0 unspecified atom stereocenters. The molecule has 0 spiro atoms. The zero-order valence-corrected chi connectivity index (χ0v) is 11.6. The fourth-order valence-electron chi connectivity index (χ4n) is 2.32. The van der Waals surface area contributed by atoms with Gasteiger partial charge < -0.3 is 14.7 Å². The highest BCUT2D eigenvalue weighted by atomic mass is 19.1. The number of hydrogen-bond acceptors (Lipinski definition) is 3. The van der Waals surface area contributed by atoms with Crippen molar-refractivity contribution in [2.45, 2.75) is 25.4 Å². The molecule has 0 atom stereocenters. The van der Waals surface area contributed by atoms with E-state index in [1.807, 2.05) is 0 Å². The molecule has 0 radical (unpaired) electrons. The minimum atomic E-state index is -0.309. The standard InChI is InChI=1S/C15H20FNO3/c1-17(10-11-8-13(18)9-11)15(19)6-7-20-14-4-2-12(16)3-5-14/h2-5,11,13,18H,6-10H2,1H3. The molecular weight excluding hydrogens is 261 g/mol. The number of hydrogen-bond donors (Lipinski definition) is 1. The molecular formula is C15H20FNO3. The number of amides is 1. The lowest BCUT2D eigenvalue weighted by Crippen LogP contribution is -2.39. The third-order valence-corrected chi connectivity index (χ3v) is 3.57. The van der Waals surface area contributed by atoms with Crippen LogP contribution >= 0.6 is 0 Å². The molecule has 20 heavy (non-hydrogen) atoms. The van der Waals surface area contributed by atoms with Gasteiger partial charge in [0.25, 0.3) is 0 Å². The Morgan fingerprint density at radius 3 is 2.65 bits per heavy atom. The van der Waals surface area contributed by atoms with Crippen molar-refractivity contribution in [2.24, 2.45) is 5.92 Å². The largest absolute Gasteiger partial charge is 0.493 e. The van der Waals surface area contributed by atoms with Crippen molar-refractivity contribution in [3.05, 3.63) is 30.1 Å². The Balaban J connectivity index is 1.65. The van der Waals surface area contributed by atoms with E-state index in [0.29, 0.717) is 24.6 Å². The van der Waals surface area contributed by atoms with Gasteiger partial charge in [-0.15, -0.1) is 0 Å². The third-order valence-electron chi connectivity index (χ3n) is 3.57. The van der Waals surface area contributed by atoms with E-state index in [-0.39, 0.29) is 24.4 Å². The molecule has 2 rings (SSSR count). The highest BCUT2D eigenvalue weighted by molar-refractivity contribution is 5.76. The predicted octanol–water partition coefficient (Wildman–Crippen LogP) is 1.82. The lowest BCUT2D eigenvalue weighted by atomic mass is 9.82. The van der Waals surface area contributed by atoms with Crippen molar-refractivity contribution in [3.63, 3.8) is 0 Å². The number of rotatable bonds is 6. The van der Waals surface area contributed by atoms with Crippen molar-refractivity contribution >= 4 is 5.91 Å². The number of ether oxygens (including phenoxy) is 1. The highest BCUT2D eigenvalue weighted by Crippen LogP contribution is 2.27. The second kappa shape index (κ2) is 6.70. The molecule has 0 saturated heterocycles. The second-order valence-corrected chi connectivity index (χ2v) is 5.32. The molecule has 4 nitrogen and oxygen atoms in total. The molecule has 1 aliphatic rings. The van der Waals surface area contributed by atoms with Gasteiger partial charge in [0.05, 0.1) is 19.1 Å². The Bertz CT molecular complexity index is 443. The van der Waals surface area contributed by atoms with Crippen LogP contribution in [-0.4, -0.2) is 42.2 Å². The van der Waals surface area contributed by atoms with Gasteiger partial charge in [-0.05, 0) is 43.0 Å². The van der Waals surface area contributed by atoms with Crippen LogP contribution in [-0.2, 0) is 4.79 Å². The van der Waals surface area contributed by atoms with Crippen LogP contribution in [0.25, 0.3) is 0 Å². The summed E-state index contributed by atoms with van der Waals surface area (Å²) in [6.45, 7) is 0.967. The van der Waals surface area contributed by atoms with Crippen molar-refractivity contribution in [3.8, 4) is 5.75 Å². The average molecular weight is 281 g/mol. The third kappa shape index (κ3) is 4.20. The van der Waals surface area contributed by atoms with Crippen molar-refractivity contribution in [1.29, 1.82) is 0 Å². The molecule has 1 aromatic carbocycles. The predicted molar refractivity (Wildman–Crippen MR) is 72.9 cm³/mol. The van der Waals surface area contributed by atoms with Gasteiger partial charge in [-0.1, -0.05) is 0 Å². The summed E-state index contributed by atoms with van der Waals surface area (Å²) in [7, 11) is 1.77. The number of aliphatic hydroxyl groups is 1. The normalized spacial score (nSPS) is 21.1. The molecule has 1 aromatic rings. The molecule has 0 heterocycles. The van der Waals surface area contributed by atoms with E-state index in [9.17, 15) is 14.3 Å². The molecule has 0 bridgehead atoms. The molecule has 110 valence electrons. The van der Waals surface area contributed by atoms with E-state index in [4.69, 9.17) is 4.74 Å². The van der Waals surface area contributed by atoms with E-state index < -0.39 is 0 Å². The number of aliphatic hydroxyl groups excluding tert-OH is 1. The minimum absolute atomic E-state index is 0.0218. The van der Waals surface area contributed by atoms with Crippen LogP contribution in [0.5, 0.6) is 5.75 Å². The van der Waals surface area contributed by atoms with E-state index in [1.54, 1.807) is 24.1 Å². The summed E-state index contributed by atoms with van der Waals surface area (Å²) in [5.41, 5.74) is 0. The van der Waals surface area contributed by atoms with Crippen molar-refractivity contribution in [1.82, 2.24) is 4.90 Å². The first-order valence-corrected chi connectivity index (χ1v) is 6.85. The molecule has 1 amide bonds. The monoisotopic (exact) mass is 281 g/mol. The molecule has 1 fully saturated rings. The Kier molecular flexibility index (Phi) is 4.95. The van der Waals surface area contributed by atoms with Gasteiger partial charge >= 0.3 is 0 Å². The van der Waals surface area contributed by atoms with Gasteiger partial charge in [0, 0.05) is 13.6 Å². The average Bonchev–Trinajstić information content (AvgIpc) is 2.39. The Hall–Kier alpha value is -1.62. The summed E-state index contributed by atoms with van der Waals surface area (Å²) in [6.07, 6.45) is 1.67. The maximum atomic E-state index is 12.7. The first kappa shape index (κ1) is 14.8. The van der Waals surface area contributed by atoms with Crippen molar-refractivity contribution in [2.75, 3.05) is 20.2 Å². The summed E-state index contributed by atoms with van der Waals surface area (Å²) in [4.78, 5) is 13.6. The molecule has 1 saturated carbocycles. The van der Waals surface area contributed by atoms with Gasteiger partial charge in [0.2, 0.25) is 5.91 Å². The zero-order chi connectivity index (χ0) is 14.5. The fourth-order valence-corrected chi connectivity index (χ4v) is 2.32. The van der Waals surface area contributed by atoms with Gasteiger partial charge in [-0.2, -0.15) is 0 Å². The molecule has 1 N–H and O–H groups in total. The van der Waals surface area contributed by atoms with Crippen LogP contribution in [0.15, 0.2) is 24.3 Å². The first-order chi connectivity index (χ1) is 9.54. The fraction of sp³-hybridized carbons (Fsp3) is 0.533. The number of carbonyl (C=O) groups excluding carboxylic acids is 1. The van der Waals surface area contributed by atoms with E-state index in [0.717, 1.165) is 12.8 Å². The van der Waals surface area contributed by atoms with Crippen LogP contribution in [0, 0.1) is 11.7 Å². The maximum Gasteiger partial charge on any atom is 0.225 e. The number of benzene rings is 1. The van der Waals surface area contributed by atoms with Crippen LogP contribution in [0.4, 0.5) is 4.39 Å². The summed E-state index contributed by atoms with van der Waals surface area (Å²) in [5, 5.41) is 9.21. The maximum absolute atomic E-state index is 12.7. The van der Waals surface area contributed by atoms with Crippen LogP contribution in [0.3, 0.4) is 0 Å². The lowest BCUT2D eigenvalue weighted by Gasteiger charge is -2.34. The van der Waals surface area contributed by atoms with E-state index in [2.05, 4.69) is 0 Å². The van der Waals surface area contributed by atoms with E-state index in [1.165, 1.54) is 12.1 Å². The topological polar surface area (TPSA) is 49.8 Å². The van der Waals surface area contributed by atoms with Gasteiger partial charge in [-0.25, -0.2) is 4.39 Å². The van der Waals surface area contributed by atoms with Crippen LogP contribution < -0.4 is 4.74 Å². The smallest absolute Gasteiger partial charge is 0.225 e. The quantitative estimate of drug-likeness (QED) is 0.865. The van der Waals surface area contributed by atoms with Crippen LogP contribution in [0.2, 0.25) is 0 Å². The van der Waals surface area contributed by atoms with Gasteiger partial charge in [0.1, 0.15) is 11.6 Å². The Morgan fingerprint density at radius 2 is 2.05 bits per heavy atom. The number of nitrogens with zero attached hydrogens (tertiary/aromatic N) is 1. The Morgan fingerprint density at radius 1 is 1.40 bits per heavy atom. The minimum Gasteiger partial charge on any atom is -0.493 e. The van der Waals surface area contributed by atoms with Gasteiger partial charge in [0.15, 0.2) is 0 Å². The molecule has 0 aliphatic heterocycles. The molecule has 0 aromatic heterocycles. The number of carbonyl (C=O) groups is 1. The lowest BCUT2D eigenvalue weighted by molar-refractivity contribution is -0.132. The second-order valence-electron chi connectivity index (χ2n) is 5.32. The molecule has 1 aliphatic carbocycles. The molecule has 5 heteroatoms. The number of halogens is 1. The Labute approximate surface area is 118 Å².